The van der Waals surface area contributed by atoms with Crippen LogP contribution >= 0.6 is 0 Å². The number of hydrogen-bond acceptors (Lipinski definition) is 3. The predicted octanol–water partition coefficient (Wildman–Crippen LogP) is 1.95. The van der Waals surface area contributed by atoms with Gasteiger partial charge in [0.1, 0.15) is 5.75 Å². The molecule has 0 bridgehead atoms. The Morgan fingerprint density at radius 2 is 2.13 bits per heavy atom. The fourth-order valence-corrected chi connectivity index (χ4v) is 1.09. The summed E-state index contributed by atoms with van der Waals surface area (Å²) in [7, 11) is 5.32. The van der Waals surface area contributed by atoms with Gasteiger partial charge in [-0.3, -0.25) is 4.79 Å². The van der Waals surface area contributed by atoms with Crippen LogP contribution in [-0.4, -0.2) is 31.9 Å². The molecule has 0 aliphatic carbocycles. The first kappa shape index (κ1) is 11.3. The molecule has 0 saturated heterocycles. The fraction of sp³-hybridized carbons (Fsp3) is 0.250. The normalized spacial score (nSPS) is 10.3. The number of allylic oxidation sites excluding steroid dienone is 1. The second-order valence-corrected chi connectivity index (χ2v) is 3.38. The van der Waals surface area contributed by atoms with E-state index in [4.69, 9.17) is 4.74 Å². The van der Waals surface area contributed by atoms with Gasteiger partial charge in [0.05, 0.1) is 7.11 Å². The van der Waals surface area contributed by atoms with Crippen molar-refractivity contribution in [2.24, 2.45) is 0 Å². The van der Waals surface area contributed by atoms with Crippen LogP contribution in [-0.2, 0) is 0 Å². The molecule has 0 N–H and O–H groups in total. The SMILES string of the molecule is COc1cccc(C(=O)/C=C/N(C)C)c1. The number of hydrogen-bond donors (Lipinski definition) is 0. The highest BCUT2D eigenvalue weighted by molar-refractivity contribution is 6.04. The molecule has 0 radical (unpaired) electrons. The summed E-state index contributed by atoms with van der Waals surface area (Å²) in [5, 5.41) is 0. The molecular weight excluding hydrogens is 190 g/mol. The molecule has 0 aliphatic rings. The molecule has 3 heteroatoms. The third-order valence-corrected chi connectivity index (χ3v) is 1.88. The maximum Gasteiger partial charge on any atom is 0.187 e. The molecule has 0 saturated carbocycles. The zero-order chi connectivity index (χ0) is 11.3. The van der Waals surface area contributed by atoms with E-state index < -0.39 is 0 Å². The average molecular weight is 205 g/mol. The van der Waals surface area contributed by atoms with Gasteiger partial charge in [0.2, 0.25) is 0 Å². The van der Waals surface area contributed by atoms with Crippen LogP contribution in [0.1, 0.15) is 10.4 Å². The number of ether oxygens (including phenoxy) is 1. The lowest BCUT2D eigenvalue weighted by molar-refractivity contribution is 0.104. The highest BCUT2D eigenvalue weighted by atomic mass is 16.5. The van der Waals surface area contributed by atoms with Gasteiger partial charge in [-0.05, 0) is 12.1 Å². The van der Waals surface area contributed by atoms with Crippen molar-refractivity contribution in [2.45, 2.75) is 0 Å². The molecule has 1 rings (SSSR count). The third kappa shape index (κ3) is 3.46. The van der Waals surface area contributed by atoms with Gasteiger partial charge in [-0.25, -0.2) is 0 Å². The average Bonchev–Trinajstić information content (AvgIpc) is 2.26. The van der Waals surface area contributed by atoms with Crippen LogP contribution in [0.2, 0.25) is 0 Å². The molecule has 0 atom stereocenters. The lowest BCUT2D eigenvalue weighted by Gasteiger charge is -2.03. The van der Waals surface area contributed by atoms with Gasteiger partial charge in [0.25, 0.3) is 0 Å². The van der Waals surface area contributed by atoms with Crippen molar-refractivity contribution in [3.8, 4) is 5.75 Å². The lowest BCUT2D eigenvalue weighted by atomic mass is 10.1. The highest BCUT2D eigenvalue weighted by Crippen LogP contribution is 2.13. The number of carbonyl (C=O) groups excluding carboxylic acids is 1. The Balaban J connectivity index is 2.82. The van der Waals surface area contributed by atoms with Gasteiger partial charge in [0, 0.05) is 31.9 Å². The molecule has 3 nitrogen and oxygen atoms in total. The van der Waals surface area contributed by atoms with Gasteiger partial charge < -0.3 is 9.64 Å². The largest absolute Gasteiger partial charge is 0.497 e. The third-order valence-electron chi connectivity index (χ3n) is 1.88. The summed E-state index contributed by atoms with van der Waals surface area (Å²) < 4.78 is 5.04. The number of ketones is 1. The van der Waals surface area contributed by atoms with E-state index >= 15 is 0 Å². The monoisotopic (exact) mass is 205 g/mol. The second kappa shape index (κ2) is 5.20. The molecule has 1 aromatic rings. The van der Waals surface area contributed by atoms with Crippen molar-refractivity contribution in [1.82, 2.24) is 4.90 Å². The van der Waals surface area contributed by atoms with Crippen molar-refractivity contribution < 1.29 is 9.53 Å². The first-order valence-corrected chi connectivity index (χ1v) is 4.66. The maximum absolute atomic E-state index is 11.6. The highest BCUT2D eigenvalue weighted by Gasteiger charge is 2.02. The van der Waals surface area contributed by atoms with Crippen LogP contribution in [0, 0.1) is 0 Å². The topological polar surface area (TPSA) is 29.5 Å². The van der Waals surface area contributed by atoms with Crippen molar-refractivity contribution >= 4 is 5.78 Å². The molecule has 0 fully saturated rings. The fourth-order valence-electron chi connectivity index (χ4n) is 1.09. The first-order chi connectivity index (χ1) is 7.13. The first-order valence-electron chi connectivity index (χ1n) is 4.66. The maximum atomic E-state index is 11.6. The van der Waals surface area contributed by atoms with Crippen molar-refractivity contribution in [1.29, 1.82) is 0 Å². The van der Waals surface area contributed by atoms with Crippen LogP contribution in [0.25, 0.3) is 0 Å². The Hall–Kier alpha value is -1.77. The smallest absolute Gasteiger partial charge is 0.187 e. The van der Waals surface area contributed by atoms with Crippen molar-refractivity contribution in [2.75, 3.05) is 21.2 Å². The van der Waals surface area contributed by atoms with Crippen molar-refractivity contribution in [3.63, 3.8) is 0 Å². The minimum atomic E-state index is -0.0254. The van der Waals surface area contributed by atoms with E-state index in [1.165, 1.54) is 6.08 Å². The van der Waals surface area contributed by atoms with Crippen molar-refractivity contribution in [3.05, 3.63) is 42.1 Å². The number of rotatable bonds is 4. The molecule has 0 spiro atoms. The van der Waals surface area contributed by atoms with Gasteiger partial charge in [-0.1, -0.05) is 12.1 Å². The summed E-state index contributed by atoms with van der Waals surface area (Å²) >= 11 is 0. The van der Waals surface area contributed by atoms with E-state index in [1.54, 1.807) is 31.5 Å². The lowest BCUT2D eigenvalue weighted by Crippen LogP contribution is -2.03. The Labute approximate surface area is 90.0 Å². The number of methoxy groups -OCH3 is 1. The summed E-state index contributed by atoms with van der Waals surface area (Å²) in [4.78, 5) is 13.5. The molecule has 0 amide bonds. The molecule has 1 aromatic carbocycles. The molecule has 15 heavy (non-hydrogen) atoms. The number of benzene rings is 1. The Bertz CT molecular complexity index is 370. The Kier molecular flexibility index (Phi) is 3.92. The zero-order valence-corrected chi connectivity index (χ0v) is 9.23. The van der Waals surface area contributed by atoms with Gasteiger partial charge in [-0.15, -0.1) is 0 Å². The van der Waals surface area contributed by atoms with E-state index in [9.17, 15) is 4.79 Å². The number of nitrogens with zero attached hydrogens (tertiary/aromatic N) is 1. The summed E-state index contributed by atoms with van der Waals surface area (Å²) in [6.45, 7) is 0. The molecule has 0 aliphatic heterocycles. The molecule has 0 unspecified atom stereocenters. The predicted molar refractivity (Wildman–Crippen MR) is 60.2 cm³/mol. The summed E-state index contributed by atoms with van der Waals surface area (Å²) in [5.74, 6) is 0.668. The zero-order valence-electron chi connectivity index (χ0n) is 9.23. The van der Waals surface area contributed by atoms with E-state index in [1.807, 2.05) is 25.1 Å². The van der Waals surface area contributed by atoms with Crippen LogP contribution in [0.5, 0.6) is 5.75 Å². The van der Waals surface area contributed by atoms with Crippen LogP contribution < -0.4 is 4.74 Å². The molecule has 0 heterocycles. The second-order valence-electron chi connectivity index (χ2n) is 3.38. The van der Waals surface area contributed by atoms with E-state index in [0.29, 0.717) is 11.3 Å². The summed E-state index contributed by atoms with van der Waals surface area (Å²) in [5.41, 5.74) is 0.632. The standard InChI is InChI=1S/C12H15NO2/c1-13(2)8-7-12(14)10-5-4-6-11(9-10)15-3/h4-9H,1-3H3/b8-7+. The van der Waals surface area contributed by atoms with E-state index in [2.05, 4.69) is 0 Å². The van der Waals surface area contributed by atoms with Gasteiger partial charge >= 0.3 is 0 Å². The minimum absolute atomic E-state index is 0.0254. The van der Waals surface area contributed by atoms with E-state index in [-0.39, 0.29) is 5.78 Å². The summed E-state index contributed by atoms with van der Waals surface area (Å²) in [6, 6.07) is 7.11. The van der Waals surface area contributed by atoms with Gasteiger partial charge in [-0.2, -0.15) is 0 Å². The molecule has 0 aromatic heterocycles. The van der Waals surface area contributed by atoms with Crippen LogP contribution in [0.4, 0.5) is 0 Å². The van der Waals surface area contributed by atoms with Crippen LogP contribution in [0.15, 0.2) is 36.5 Å². The Morgan fingerprint density at radius 1 is 1.40 bits per heavy atom. The minimum Gasteiger partial charge on any atom is -0.497 e. The number of carbonyl (C=O) groups is 1. The summed E-state index contributed by atoms with van der Waals surface area (Å²) in [6.07, 6.45) is 3.26. The van der Waals surface area contributed by atoms with Crippen LogP contribution in [0.3, 0.4) is 0 Å². The quantitative estimate of drug-likeness (QED) is 0.556. The molecule has 80 valence electrons. The van der Waals surface area contributed by atoms with E-state index in [0.717, 1.165) is 0 Å². The molecular formula is C12H15NO2. The Morgan fingerprint density at radius 3 is 2.73 bits per heavy atom. The van der Waals surface area contributed by atoms with Gasteiger partial charge in [0.15, 0.2) is 5.78 Å².